The van der Waals surface area contributed by atoms with Crippen molar-refractivity contribution in [3.05, 3.63) is 47.9 Å². The fourth-order valence-corrected chi connectivity index (χ4v) is 1.83. The van der Waals surface area contributed by atoms with Gasteiger partial charge in [-0.3, -0.25) is 0 Å². The summed E-state index contributed by atoms with van der Waals surface area (Å²) in [5, 5.41) is 3.30. The third kappa shape index (κ3) is 2.84. The summed E-state index contributed by atoms with van der Waals surface area (Å²) in [6.45, 7) is 1.34. The highest BCUT2D eigenvalue weighted by atomic mass is 16.5. The van der Waals surface area contributed by atoms with Crippen LogP contribution in [0, 0.1) is 0 Å². The number of nitrogens with one attached hydrogen (secondary N) is 1. The number of ether oxygens (including phenoxy) is 2. The van der Waals surface area contributed by atoms with Gasteiger partial charge in [0.25, 0.3) is 0 Å². The first kappa shape index (κ1) is 12.5. The van der Waals surface area contributed by atoms with E-state index in [4.69, 9.17) is 13.9 Å². The molecule has 18 heavy (non-hydrogen) atoms. The lowest BCUT2D eigenvalue weighted by Crippen LogP contribution is -2.13. The van der Waals surface area contributed by atoms with Gasteiger partial charge in [0.2, 0.25) is 0 Å². The molecule has 0 unspecified atom stereocenters. The highest BCUT2D eigenvalue weighted by Crippen LogP contribution is 2.27. The molecular formula is C14H17NO3. The van der Waals surface area contributed by atoms with Crippen molar-refractivity contribution in [3.8, 4) is 11.5 Å². The molecule has 1 aromatic carbocycles. The van der Waals surface area contributed by atoms with Crippen LogP contribution in [0.3, 0.4) is 0 Å². The minimum absolute atomic E-state index is 0.661. The van der Waals surface area contributed by atoms with E-state index in [1.807, 2.05) is 30.3 Å². The predicted molar refractivity (Wildman–Crippen MR) is 68.8 cm³/mol. The van der Waals surface area contributed by atoms with Gasteiger partial charge in [-0.15, -0.1) is 0 Å². The Bertz CT molecular complexity index is 458. The average Bonchev–Trinajstić information content (AvgIpc) is 2.92. The molecule has 0 saturated carbocycles. The zero-order valence-corrected chi connectivity index (χ0v) is 10.6. The number of methoxy groups -OCH3 is 2. The maximum absolute atomic E-state index is 5.33. The largest absolute Gasteiger partial charge is 0.496 e. The van der Waals surface area contributed by atoms with Crippen molar-refractivity contribution >= 4 is 0 Å². The van der Waals surface area contributed by atoms with E-state index in [0.29, 0.717) is 13.1 Å². The van der Waals surface area contributed by atoms with Gasteiger partial charge < -0.3 is 19.2 Å². The van der Waals surface area contributed by atoms with Gasteiger partial charge in [0.1, 0.15) is 17.3 Å². The first-order valence-electron chi connectivity index (χ1n) is 5.78. The maximum Gasteiger partial charge on any atom is 0.127 e. The molecule has 2 rings (SSSR count). The van der Waals surface area contributed by atoms with Gasteiger partial charge in [0.15, 0.2) is 0 Å². The van der Waals surface area contributed by atoms with Gasteiger partial charge in [0.05, 0.1) is 27.0 Å². The van der Waals surface area contributed by atoms with Crippen LogP contribution < -0.4 is 14.8 Å². The number of hydrogen-bond acceptors (Lipinski definition) is 4. The van der Waals surface area contributed by atoms with Gasteiger partial charge in [-0.05, 0) is 24.3 Å². The van der Waals surface area contributed by atoms with Crippen LogP contribution in [0.2, 0.25) is 0 Å². The molecule has 0 aliphatic rings. The minimum atomic E-state index is 0.661. The molecule has 0 radical (unpaired) electrons. The normalized spacial score (nSPS) is 10.3. The highest BCUT2D eigenvalue weighted by Gasteiger charge is 2.09. The quantitative estimate of drug-likeness (QED) is 0.852. The second kappa shape index (κ2) is 6.12. The monoisotopic (exact) mass is 247 g/mol. The molecule has 1 heterocycles. The van der Waals surface area contributed by atoms with Crippen molar-refractivity contribution < 1.29 is 13.9 Å². The van der Waals surface area contributed by atoms with Crippen LogP contribution in [-0.4, -0.2) is 14.2 Å². The van der Waals surface area contributed by atoms with Crippen molar-refractivity contribution in [1.82, 2.24) is 5.32 Å². The van der Waals surface area contributed by atoms with Gasteiger partial charge in [-0.25, -0.2) is 0 Å². The molecule has 0 atom stereocenters. The third-order valence-electron chi connectivity index (χ3n) is 2.71. The molecule has 2 aromatic rings. The summed E-state index contributed by atoms with van der Waals surface area (Å²) in [5.41, 5.74) is 1.01. The topological polar surface area (TPSA) is 43.6 Å². The first-order chi connectivity index (χ1) is 8.85. The van der Waals surface area contributed by atoms with Gasteiger partial charge in [-0.2, -0.15) is 0 Å². The van der Waals surface area contributed by atoms with Crippen molar-refractivity contribution in [1.29, 1.82) is 0 Å². The van der Waals surface area contributed by atoms with Crippen molar-refractivity contribution in [2.24, 2.45) is 0 Å². The van der Waals surface area contributed by atoms with Crippen LogP contribution >= 0.6 is 0 Å². The van der Waals surface area contributed by atoms with Crippen LogP contribution in [0.15, 0.2) is 41.0 Å². The SMILES string of the molecule is COc1cccc(OC)c1CNCc1ccco1. The molecule has 0 spiro atoms. The maximum atomic E-state index is 5.33. The number of benzene rings is 1. The molecule has 4 nitrogen and oxygen atoms in total. The Labute approximate surface area is 107 Å². The van der Waals surface area contributed by atoms with E-state index < -0.39 is 0 Å². The molecule has 1 aromatic heterocycles. The van der Waals surface area contributed by atoms with Gasteiger partial charge >= 0.3 is 0 Å². The summed E-state index contributed by atoms with van der Waals surface area (Å²) in [6, 6.07) is 9.57. The second-order valence-corrected chi connectivity index (χ2v) is 3.82. The van der Waals surface area contributed by atoms with E-state index in [1.165, 1.54) is 0 Å². The molecule has 0 amide bonds. The minimum Gasteiger partial charge on any atom is -0.496 e. The van der Waals surface area contributed by atoms with Crippen LogP contribution in [0.4, 0.5) is 0 Å². The standard InChI is InChI=1S/C14H17NO3/c1-16-13-6-3-7-14(17-2)12(13)10-15-9-11-5-4-8-18-11/h3-8,15H,9-10H2,1-2H3. The summed E-state index contributed by atoms with van der Waals surface area (Å²) >= 11 is 0. The van der Waals surface area contributed by atoms with Gasteiger partial charge in [0, 0.05) is 12.1 Å². The van der Waals surface area contributed by atoms with Crippen molar-refractivity contribution in [2.45, 2.75) is 13.1 Å². The smallest absolute Gasteiger partial charge is 0.127 e. The Morgan fingerprint density at radius 2 is 1.72 bits per heavy atom. The van der Waals surface area contributed by atoms with E-state index in [9.17, 15) is 0 Å². The summed E-state index contributed by atoms with van der Waals surface area (Å²) in [5.74, 6) is 2.55. The summed E-state index contributed by atoms with van der Waals surface area (Å²) in [7, 11) is 3.32. The summed E-state index contributed by atoms with van der Waals surface area (Å²) in [6.07, 6.45) is 1.67. The lowest BCUT2D eigenvalue weighted by atomic mass is 10.1. The summed E-state index contributed by atoms with van der Waals surface area (Å²) in [4.78, 5) is 0. The van der Waals surface area contributed by atoms with Gasteiger partial charge in [-0.1, -0.05) is 6.07 Å². The zero-order valence-electron chi connectivity index (χ0n) is 10.6. The second-order valence-electron chi connectivity index (χ2n) is 3.82. The number of furan rings is 1. The first-order valence-corrected chi connectivity index (χ1v) is 5.78. The van der Waals surface area contributed by atoms with Crippen LogP contribution in [0.1, 0.15) is 11.3 Å². The van der Waals surface area contributed by atoms with Crippen molar-refractivity contribution in [3.63, 3.8) is 0 Å². The fourth-order valence-electron chi connectivity index (χ4n) is 1.83. The molecule has 1 N–H and O–H groups in total. The van der Waals surface area contributed by atoms with Crippen LogP contribution in [0.5, 0.6) is 11.5 Å². The Hall–Kier alpha value is -1.94. The zero-order chi connectivity index (χ0) is 12.8. The van der Waals surface area contributed by atoms with E-state index >= 15 is 0 Å². The van der Waals surface area contributed by atoms with E-state index in [2.05, 4.69) is 5.32 Å². The third-order valence-corrected chi connectivity index (χ3v) is 2.71. The average molecular weight is 247 g/mol. The van der Waals surface area contributed by atoms with E-state index in [-0.39, 0.29) is 0 Å². The Kier molecular flexibility index (Phi) is 4.25. The predicted octanol–water partition coefficient (Wildman–Crippen LogP) is 2.59. The number of rotatable bonds is 6. The van der Waals surface area contributed by atoms with Crippen LogP contribution in [0.25, 0.3) is 0 Å². The Morgan fingerprint density at radius 3 is 2.28 bits per heavy atom. The fraction of sp³-hybridized carbons (Fsp3) is 0.286. The Balaban J connectivity index is 2.03. The molecule has 96 valence electrons. The molecule has 0 saturated heterocycles. The highest BCUT2D eigenvalue weighted by molar-refractivity contribution is 5.44. The van der Waals surface area contributed by atoms with E-state index in [1.54, 1.807) is 20.5 Å². The number of hydrogen-bond donors (Lipinski definition) is 1. The molecule has 0 fully saturated rings. The molecule has 4 heteroatoms. The van der Waals surface area contributed by atoms with E-state index in [0.717, 1.165) is 22.8 Å². The summed E-state index contributed by atoms with van der Waals surface area (Å²) < 4.78 is 15.9. The van der Waals surface area contributed by atoms with Crippen LogP contribution in [-0.2, 0) is 13.1 Å². The lowest BCUT2D eigenvalue weighted by Gasteiger charge is -2.13. The molecule has 0 aliphatic heterocycles. The molecule has 0 bridgehead atoms. The molecular weight excluding hydrogens is 230 g/mol. The van der Waals surface area contributed by atoms with Crippen molar-refractivity contribution in [2.75, 3.05) is 14.2 Å². The Morgan fingerprint density at radius 1 is 1.00 bits per heavy atom. The lowest BCUT2D eigenvalue weighted by molar-refractivity contribution is 0.381. The molecule has 0 aliphatic carbocycles.